The van der Waals surface area contributed by atoms with Crippen molar-refractivity contribution in [3.05, 3.63) is 46.0 Å². The van der Waals surface area contributed by atoms with Gasteiger partial charge in [-0.1, -0.05) is 41.1 Å². The highest BCUT2D eigenvalue weighted by Gasteiger charge is 2.11. The molecule has 0 heterocycles. The molecule has 1 aromatic carbocycles. The van der Waals surface area contributed by atoms with Crippen LogP contribution < -0.4 is 0 Å². The van der Waals surface area contributed by atoms with Crippen molar-refractivity contribution in [1.29, 1.82) is 0 Å². The molecule has 1 unspecified atom stereocenters. The topological polar surface area (TPSA) is 20.2 Å². The van der Waals surface area contributed by atoms with Crippen LogP contribution in [0.3, 0.4) is 0 Å². The molecule has 0 saturated carbocycles. The average molecular weight is 269 g/mol. The largest absolute Gasteiger partial charge is 0.388 e. The Morgan fingerprint density at radius 2 is 2.20 bits per heavy atom. The first-order chi connectivity index (χ1) is 7.04. The van der Waals surface area contributed by atoms with Crippen LogP contribution in [0.25, 0.3) is 0 Å². The first kappa shape index (κ1) is 12.5. The number of benzene rings is 1. The second-order valence-corrected chi connectivity index (χ2v) is 4.74. The molecule has 82 valence electrons. The quantitative estimate of drug-likeness (QED) is 0.814. The standard InChI is InChI=1S/C13H17BrO/c1-4-9(2)7-13(15)12-6-5-11(14)8-10(12)3/h5-6,8,13,15H,2,4,7H2,1,3H3. The number of aryl methyl sites for hydroxylation is 1. The highest BCUT2D eigenvalue weighted by molar-refractivity contribution is 9.10. The zero-order valence-electron chi connectivity index (χ0n) is 9.26. The van der Waals surface area contributed by atoms with Crippen molar-refractivity contribution in [1.82, 2.24) is 0 Å². The van der Waals surface area contributed by atoms with Gasteiger partial charge in [0.15, 0.2) is 0 Å². The first-order valence-electron chi connectivity index (χ1n) is 5.15. The van der Waals surface area contributed by atoms with Crippen LogP contribution in [0.15, 0.2) is 34.8 Å². The Morgan fingerprint density at radius 3 is 2.73 bits per heavy atom. The number of aliphatic hydroxyl groups excluding tert-OH is 1. The number of hydrogen-bond acceptors (Lipinski definition) is 1. The van der Waals surface area contributed by atoms with Crippen molar-refractivity contribution in [2.45, 2.75) is 32.8 Å². The van der Waals surface area contributed by atoms with E-state index in [2.05, 4.69) is 29.4 Å². The van der Waals surface area contributed by atoms with Crippen molar-refractivity contribution < 1.29 is 5.11 Å². The van der Waals surface area contributed by atoms with Crippen LogP contribution in [0.1, 0.15) is 37.0 Å². The van der Waals surface area contributed by atoms with E-state index in [1.165, 1.54) is 0 Å². The fraction of sp³-hybridized carbons (Fsp3) is 0.385. The number of halogens is 1. The molecule has 15 heavy (non-hydrogen) atoms. The lowest BCUT2D eigenvalue weighted by Gasteiger charge is -2.14. The Kier molecular flexibility index (Phi) is 4.55. The SMILES string of the molecule is C=C(CC)CC(O)c1ccc(Br)cc1C. The molecule has 1 rings (SSSR count). The molecule has 1 aromatic rings. The van der Waals surface area contributed by atoms with Gasteiger partial charge >= 0.3 is 0 Å². The van der Waals surface area contributed by atoms with E-state index in [-0.39, 0.29) is 0 Å². The molecule has 1 atom stereocenters. The molecule has 0 aromatic heterocycles. The summed E-state index contributed by atoms with van der Waals surface area (Å²) in [5, 5.41) is 10.0. The number of rotatable bonds is 4. The molecular weight excluding hydrogens is 252 g/mol. The summed E-state index contributed by atoms with van der Waals surface area (Å²) in [5.41, 5.74) is 3.19. The minimum absolute atomic E-state index is 0.425. The molecule has 2 heteroatoms. The van der Waals surface area contributed by atoms with E-state index in [1.54, 1.807) is 0 Å². The summed E-state index contributed by atoms with van der Waals surface area (Å²) in [7, 11) is 0. The van der Waals surface area contributed by atoms with E-state index < -0.39 is 6.10 Å². The Bertz CT molecular complexity index is 358. The number of aliphatic hydroxyl groups is 1. The van der Waals surface area contributed by atoms with Crippen molar-refractivity contribution in [3.8, 4) is 0 Å². The van der Waals surface area contributed by atoms with Gasteiger partial charge in [-0.2, -0.15) is 0 Å². The lowest BCUT2D eigenvalue weighted by Crippen LogP contribution is -2.01. The summed E-state index contributed by atoms with van der Waals surface area (Å²) in [4.78, 5) is 0. The van der Waals surface area contributed by atoms with Crippen LogP contribution in [-0.4, -0.2) is 5.11 Å². The maximum absolute atomic E-state index is 10.0. The third kappa shape index (κ3) is 3.47. The molecule has 0 amide bonds. The summed E-state index contributed by atoms with van der Waals surface area (Å²) in [5.74, 6) is 0. The third-order valence-corrected chi connectivity index (χ3v) is 3.07. The van der Waals surface area contributed by atoms with Crippen molar-refractivity contribution in [2.24, 2.45) is 0 Å². The minimum Gasteiger partial charge on any atom is -0.388 e. The Morgan fingerprint density at radius 1 is 1.53 bits per heavy atom. The van der Waals surface area contributed by atoms with Gasteiger partial charge in [-0.25, -0.2) is 0 Å². The predicted octanol–water partition coefficient (Wildman–Crippen LogP) is 4.15. The van der Waals surface area contributed by atoms with Crippen LogP contribution in [0.5, 0.6) is 0 Å². The summed E-state index contributed by atoms with van der Waals surface area (Å²) < 4.78 is 1.05. The smallest absolute Gasteiger partial charge is 0.0829 e. The van der Waals surface area contributed by atoms with E-state index in [0.29, 0.717) is 6.42 Å². The molecule has 1 nitrogen and oxygen atoms in total. The summed E-state index contributed by atoms with van der Waals surface area (Å²) in [6.07, 6.45) is 1.15. The van der Waals surface area contributed by atoms with Gasteiger partial charge in [0, 0.05) is 4.47 Å². The van der Waals surface area contributed by atoms with Gasteiger partial charge in [-0.3, -0.25) is 0 Å². The van der Waals surface area contributed by atoms with Gasteiger partial charge in [0.25, 0.3) is 0 Å². The average Bonchev–Trinajstić information content (AvgIpc) is 2.17. The van der Waals surface area contributed by atoms with E-state index in [9.17, 15) is 5.11 Å². The van der Waals surface area contributed by atoms with Gasteiger partial charge in [0.2, 0.25) is 0 Å². The van der Waals surface area contributed by atoms with Gasteiger partial charge in [-0.05, 0) is 43.0 Å². The molecule has 0 saturated heterocycles. The summed E-state index contributed by atoms with van der Waals surface area (Å²) in [6.45, 7) is 7.99. The van der Waals surface area contributed by atoms with Crippen molar-refractivity contribution >= 4 is 15.9 Å². The van der Waals surface area contributed by atoms with Gasteiger partial charge in [-0.15, -0.1) is 0 Å². The zero-order chi connectivity index (χ0) is 11.4. The second kappa shape index (κ2) is 5.47. The fourth-order valence-corrected chi connectivity index (χ4v) is 2.02. The molecule has 1 N–H and O–H groups in total. The summed E-state index contributed by atoms with van der Waals surface area (Å²) >= 11 is 3.41. The third-order valence-electron chi connectivity index (χ3n) is 2.57. The second-order valence-electron chi connectivity index (χ2n) is 3.82. The molecule has 0 aliphatic rings. The van der Waals surface area contributed by atoms with Crippen molar-refractivity contribution in [2.75, 3.05) is 0 Å². The van der Waals surface area contributed by atoms with Crippen LogP contribution in [-0.2, 0) is 0 Å². The number of hydrogen-bond donors (Lipinski definition) is 1. The van der Waals surface area contributed by atoms with Crippen LogP contribution in [0, 0.1) is 6.92 Å². The van der Waals surface area contributed by atoms with Gasteiger partial charge < -0.3 is 5.11 Å². The molecule has 0 aliphatic heterocycles. The zero-order valence-corrected chi connectivity index (χ0v) is 10.8. The molecule has 0 radical (unpaired) electrons. The van der Waals surface area contributed by atoms with Gasteiger partial charge in [0.1, 0.15) is 0 Å². The normalized spacial score (nSPS) is 12.5. The maximum Gasteiger partial charge on any atom is 0.0829 e. The van der Waals surface area contributed by atoms with Crippen LogP contribution in [0.2, 0.25) is 0 Å². The Hall–Kier alpha value is -0.600. The van der Waals surface area contributed by atoms with Crippen LogP contribution >= 0.6 is 15.9 Å². The van der Waals surface area contributed by atoms with E-state index in [0.717, 1.165) is 27.6 Å². The summed E-state index contributed by atoms with van der Waals surface area (Å²) in [6, 6.07) is 5.94. The van der Waals surface area contributed by atoms with E-state index >= 15 is 0 Å². The minimum atomic E-state index is -0.425. The molecular formula is C13H17BrO. The molecule has 0 fully saturated rings. The highest BCUT2D eigenvalue weighted by Crippen LogP contribution is 2.26. The van der Waals surface area contributed by atoms with Crippen molar-refractivity contribution in [3.63, 3.8) is 0 Å². The maximum atomic E-state index is 10.0. The lowest BCUT2D eigenvalue weighted by atomic mass is 9.97. The first-order valence-corrected chi connectivity index (χ1v) is 5.94. The Labute approximate surface area is 100.0 Å². The fourth-order valence-electron chi connectivity index (χ4n) is 1.54. The Balaban J connectivity index is 2.82. The molecule has 0 bridgehead atoms. The van der Waals surface area contributed by atoms with E-state index in [4.69, 9.17) is 0 Å². The monoisotopic (exact) mass is 268 g/mol. The lowest BCUT2D eigenvalue weighted by molar-refractivity contribution is 0.177. The molecule has 0 aliphatic carbocycles. The van der Waals surface area contributed by atoms with E-state index in [1.807, 2.05) is 25.1 Å². The van der Waals surface area contributed by atoms with Crippen LogP contribution in [0.4, 0.5) is 0 Å². The molecule has 0 spiro atoms. The van der Waals surface area contributed by atoms with Gasteiger partial charge in [0.05, 0.1) is 6.10 Å². The predicted molar refractivity (Wildman–Crippen MR) is 67.9 cm³/mol. The highest BCUT2D eigenvalue weighted by atomic mass is 79.9.